The minimum Gasteiger partial charge on any atom is -0.326 e. The molecule has 1 atom stereocenters. The maximum absolute atomic E-state index is 11.2. The van der Waals surface area contributed by atoms with Crippen LogP contribution in [-0.4, -0.2) is 30.3 Å². The molecular weight excluding hydrogens is 264 g/mol. The fourth-order valence-electron chi connectivity index (χ4n) is 2.49. The van der Waals surface area contributed by atoms with Gasteiger partial charge < -0.3 is 10.3 Å². The molecule has 7 heteroatoms. The zero-order chi connectivity index (χ0) is 13.6. The molecule has 0 unspecified atom stereocenters. The standard InChI is InChI=1S/C12H16N4O2S/c1-19(17,18)15-9-3-4-11-10(6-9)14-12-5-2-8(13)7-16(11)12/h3-4,6,8,15H,2,5,7,13H2,1H3/t8-/m1/s1. The molecule has 0 bridgehead atoms. The van der Waals surface area contributed by atoms with Crippen molar-refractivity contribution in [2.24, 2.45) is 5.73 Å². The SMILES string of the molecule is CS(=O)(=O)Nc1ccc2c(c1)nc1n2C[C@H](N)CC1. The van der Waals surface area contributed by atoms with E-state index in [1.54, 1.807) is 12.1 Å². The smallest absolute Gasteiger partial charge is 0.229 e. The summed E-state index contributed by atoms with van der Waals surface area (Å²) in [6.07, 6.45) is 2.94. The quantitative estimate of drug-likeness (QED) is 0.846. The Hall–Kier alpha value is -1.60. The molecule has 102 valence electrons. The van der Waals surface area contributed by atoms with E-state index in [4.69, 9.17) is 5.73 Å². The molecule has 0 fully saturated rings. The zero-order valence-electron chi connectivity index (χ0n) is 10.6. The van der Waals surface area contributed by atoms with Crippen molar-refractivity contribution in [2.75, 3.05) is 11.0 Å². The Morgan fingerprint density at radius 1 is 1.47 bits per heavy atom. The van der Waals surface area contributed by atoms with Gasteiger partial charge in [0.15, 0.2) is 0 Å². The Bertz CT molecular complexity index is 736. The van der Waals surface area contributed by atoms with Crippen LogP contribution in [0.1, 0.15) is 12.2 Å². The number of hydrogen-bond donors (Lipinski definition) is 2. The summed E-state index contributed by atoms with van der Waals surface area (Å²) in [4.78, 5) is 4.55. The lowest BCUT2D eigenvalue weighted by Crippen LogP contribution is -2.31. The maximum Gasteiger partial charge on any atom is 0.229 e. The third-order valence-electron chi connectivity index (χ3n) is 3.29. The highest BCUT2D eigenvalue weighted by atomic mass is 32.2. The summed E-state index contributed by atoms with van der Waals surface area (Å²) in [5, 5.41) is 0. The van der Waals surface area contributed by atoms with Crippen molar-refractivity contribution in [1.29, 1.82) is 0 Å². The van der Waals surface area contributed by atoms with E-state index in [9.17, 15) is 8.42 Å². The molecule has 3 rings (SSSR count). The van der Waals surface area contributed by atoms with Crippen LogP contribution in [-0.2, 0) is 23.0 Å². The molecule has 0 spiro atoms. The Morgan fingerprint density at radius 3 is 3.00 bits per heavy atom. The Balaban J connectivity index is 2.06. The molecular formula is C12H16N4O2S. The summed E-state index contributed by atoms with van der Waals surface area (Å²) in [5.41, 5.74) is 8.32. The number of aromatic nitrogens is 2. The van der Waals surface area contributed by atoms with E-state index < -0.39 is 10.0 Å². The number of rotatable bonds is 2. The van der Waals surface area contributed by atoms with Crippen LogP contribution in [0.4, 0.5) is 5.69 Å². The second kappa shape index (κ2) is 4.21. The lowest BCUT2D eigenvalue weighted by Gasteiger charge is -2.20. The normalized spacial score (nSPS) is 19.4. The topological polar surface area (TPSA) is 90.0 Å². The van der Waals surface area contributed by atoms with E-state index in [1.807, 2.05) is 6.07 Å². The first-order chi connectivity index (χ1) is 8.92. The van der Waals surface area contributed by atoms with Crippen molar-refractivity contribution in [1.82, 2.24) is 9.55 Å². The van der Waals surface area contributed by atoms with Gasteiger partial charge in [0.2, 0.25) is 10.0 Å². The first-order valence-electron chi connectivity index (χ1n) is 6.15. The van der Waals surface area contributed by atoms with Crippen molar-refractivity contribution >= 4 is 26.7 Å². The minimum absolute atomic E-state index is 0.165. The van der Waals surface area contributed by atoms with Crippen LogP contribution < -0.4 is 10.5 Å². The van der Waals surface area contributed by atoms with Gasteiger partial charge in [-0.3, -0.25) is 4.72 Å². The predicted molar refractivity (Wildman–Crippen MR) is 74.5 cm³/mol. The second-order valence-electron chi connectivity index (χ2n) is 5.02. The summed E-state index contributed by atoms with van der Waals surface area (Å²) in [7, 11) is -3.26. The molecule has 0 amide bonds. The second-order valence-corrected chi connectivity index (χ2v) is 6.76. The van der Waals surface area contributed by atoms with Gasteiger partial charge in [-0.1, -0.05) is 0 Å². The summed E-state index contributed by atoms with van der Waals surface area (Å²) in [6.45, 7) is 0.769. The number of nitrogens with one attached hydrogen (secondary N) is 1. The molecule has 1 aliphatic rings. The average molecular weight is 280 g/mol. The fraction of sp³-hybridized carbons (Fsp3) is 0.417. The van der Waals surface area contributed by atoms with Crippen molar-refractivity contribution in [2.45, 2.75) is 25.4 Å². The van der Waals surface area contributed by atoms with Crippen molar-refractivity contribution < 1.29 is 8.42 Å². The highest BCUT2D eigenvalue weighted by Crippen LogP contribution is 2.24. The minimum atomic E-state index is -3.26. The summed E-state index contributed by atoms with van der Waals surface area (Å²) < 4.78 is 27.0. The van der Waals surface area contributed by atoms with Gasteiger partial charge >= 0.3 is 0 Å². The number of anilines is 1. The largest absolute Gasteiger partial charge is 0.326 e. The van der Waals surface area contributed by atoms with Gasteiger partial charge in [-0.05, 0) is 24.6 Å². The van der Waals surface area contributed by atoms with Gasteiger partial charge in [0.25, 0.3) is 0 Å². The average Bonchev–Trinajstić information content (AvgIpc) is 2.64. The predicted octanol–water partition coefficient (Wildman–Crippen LogP) is 0.681. The first-order valence-corrected chi connectivity index (χ1v) is 8.04. The first kappa shape index (κ1) is 12.4. The highest BCUT2D eigenvalue weighted by Gasteiger charge is 2.19. The lowest BCUT2D eigenvalue weighted by atomic mass is 10.1. The monoisotopic (exact) mass is 280 g/mol. The van der Waals surface area contributed by atoms with E-state index in [2.05, 4.69) is 14.3 Å². The van der Waals surface area contributed by atoms with Crippen molar-refractivity contribution in [3.63, 3.8) is 0 Å². The van der Waals surface area contributed by atoms with Crippen LogP contribution in [0.3, 0.4) is 0 Å². The lowest BCUT2D eigenvalue weighted by molar-refractivity contribution is 0.461. The van der Waals surface area contributed by atoms with E-state index in [0.29, 0.717) is 5.69 Å². The number of benzene rings is 1. The molecule has 2 heterocycles. The Kier molecular flexibility index (Phi) is 2.75. The summed E-state index contributed by atoms with van der Waals surface area (Å²) in [6, 6.07) is 5.56. The summed E-state index contributed by atoms with van der Waals surface area (Å²) in [5.74, 6) is 1.02. The third kappa shape index (κ3) is 2.43. The molecule has 1 aliphatic heterocycles. The number of fused-ring (bicyclic) bond motifs is 3. The number of imidazole rings is 1. The molecule has 1 aromatic heterocycles. The Labute approximate surface area is 111 Å². The Morgan fingerprint density at radius 2 is 2.26 bits per heavy atom. The van der Waals surface area contributed by atoms with Crippen LogP contribution in [0.5, 0.6) is 0 Å². The van der Waals surface area contributed by atoms with E-state index in [0.717, 1.165) is 42.5 Å². The van der Waals surface area contributed by atoms with Crippen molar-refractivity contribution in [3.8, 4) is 0 Å². The molecule has 6 nitrogen and oxygen atoms in total. The van der Waals surface area contributed by atoms with E-state index in [1.165, 1.54) is 0 Å². The molecule has 0 saturated heterocycles. The van der Waals surface area contributed by atoms with Gasteiger partial charge in [-0.15, -0.1) is 0 Å². The van der Waals surface area contributed by atoms with E-state index in [-0.39, 0.29) is 6.04 Å². The number of nitrogens with two attached hydrogens (primary N) is 1. The van der Waals surface area contributed by atoms with Gasteiger partial charge in [-0.2, -0.15) is 0 Å². The molecule has 2 aromatic rings. The van der Waals surface area contributed by atoms with Crippen LogP contribution >= 0.6 is 0 Å². The zero-order valence-corrected chi connectivity index (χ0v) is 11.4. The number of hydrogen-bond acceptors (Lipinski definition) is 4. The molecule has 19 heavy (non-hydrogen) atoms. The van der Waals surface area contributed by atoms with Gasteiger partial charge in [-0.25, -0.2) is 13.4 Å². The van der Waals surface area contributed by atoms with Crippen LogP contribution in [0, 0.1) is 0 Å². The van der Waals surface area contributed by atoms with Gasteiger partial charge in [0.05, 0.1) is 23.0 Å². The van der Waals surface area contributed by atoms with Crippen LogP contribution in [0.15, 0.2) is 18.2 Å². The molecule has 3 N–H and O–H groups in total. The van der Waals surface area contributed by atoms with Crippen LogP contribution in [0.2, 0.25) is 0 Å². The number of aryl methyl sites for hydroxylation is 1. The number of nitrogens with zero attached hydrogens (tertiary/aromatic N) is 2. The highest BCUT2D eigenvalue weighted by molar-refractivity contribution is 7.92. The van der Waals surface area contributed by atoms with Gasteiger partial charge in [0.1, 0.15) is 5.82 Å². The van der Waals surface area contributed by atoms with Gasteiger partial charge in [0, 0.05) is 19.0 Å². The molecule has 1 aromatic carbocycles. The van der Waals surface area contributed by atoms with Crippen molar-refractivity contribution in [3.05, 3.63) is 24.0 Å². The fourth-order valence-corrected chi connectivity index (χ4v) is 3.05. The number of sulfonamides is 1. The third-order valence-corrected chi connectivity index (χ3v) is 3.89. The molecule has 0 saturated carbocycles. The maximum atomic E-state index is 11.2. The summed E-state index contributed by atoms with van der Waals surface area (Å²) >= 11 is 0. The van der Waals surface area contributed by atoms with Crippen LogP contribution in [0.25, 0.3) is 11.0 Å². The molecule has 0 aliphatic carbocycles. The molecule has 0 radical (unpaired) electrons. The van der Waals surface area contributed by atoms with E-state index >= 15 is 0 Å².